The molecule has 0 fully saturated rings. The molecule has 4 aromatic rings. The van der Waals surface area contributed by atoms with Gasteiger partial charge >= 0.3 is 0 Å². The topological polar surface area (TPSA) is 200 Å². The summed E-state index contributed by atoms with van der Waals surface area (Å²) in [7, 11) is 0. The first-order valence-corrected chi connectivity index (χ1v) is 17.5. The first-order valence-electron chi connectivity index (χ1n) is 17.5. The maximum Gasteiger partial charge on any atom is 0.271 e. The highest BCUT2D eigenvalue weighted by molar-refractivity contribution is 5.95. The zero-order chi connectivity index (χ0) is 38.4. The molecule has 4 aromatic carbocycles. The van der Waals surface area contributed by atoms with Gasteiger partial charge in [-0.25, -0.2) is 21.8 Å². The fourth-order valence-corrected chi connectivity index (χ4v) is 5.01. The monoisotopic (exact) mass is 736 g/mol. The first-order chi connectivity index (χ1) is 26.3. The Hall–Kier alpha value is -6.38. The minimum absolute atomic E-state index is 0.269. The second-order valence-electron chi connectivity index (χ2n) is 12.1. The summed E-state index contributed by atoms with van der Waals surface area (Å²) in [5, 5.41) is 25.1. The average molecular weight is 737 g/mol. The van der Waals surface area contributed by atoms with Crippen molar-refractivity contribution in [2.24, 2.45) is 10.2 Å². The minimum atomic E-state index is -0.399. The van der Waals surface area contributed by atoms with Crippen molar-refractivity contribution in [3.63, 3.8) is 0 Å². The van der Waals surface area contributed by atoms with Gasteiger partial charge in [0.05, 0.1) is 25.6 Å². The summed E-state index contributed by atoms with van der Waals surface area (Å²) in [6.07, 6.45) is 8.10. The van der Waals surface area contributed by atoms with Gasteiger partial charge in [-0.3, -0.25) is 29.6 Å². The van der Waals surface area contributed by atoms with E-state index in [-0.39, 0.29) is 24.7 Å². The van der Waals surface area contributed by atoms with Crippen molar-refractivity contribution in [2.45, 2.75) is 51.4 Å². The van der Waals surface area contributed by atoms with Gasteiger partial charge in [0.25, 0.3) is 11.8 Å². The number of nitrogens with one attached hydrogen (secondary N) is 4. The van der Waals surface area contributed by atoms with E-state index >= 15 is 0 Å². The lowest BCUT2D eigenvalue weighted by atomic mass is 10.0. The summed E-state index contributed by atoms with van der Waals surface area (Å²) < 4.78 is 11.4. The fourth-order valence-electron chi connectivity index (χ4n) is 5.01. The lowest BCUT2D eigenvalue weighted by Crippen LogP contribution is -2.17. The number of rotatable bonds is 21. The Bertz CT molecular complexity index is 1710. The molecule has 4 rings (SSSR count). The van der Waals surface area contributed by atoms with Crippen molar-refractivity contribution in [3.05, 3.63) is 119 Å². The molecule has 0 spiro atoms. The van der Waals surface area contributed by atoms with Crippen LogP contribution in [0.2, 0.25) is 0 Å². The Morgan fingerprint density at radius 2 is 0.870 bits per heavy atom. The number of hydrogen-bond acceptors (Lipinski definition) is 10. The molecule has 0 radical (unpaired) electrons. The molecule has 0 aliphatic carbocycles. The van der Waals surface area contributed by atoms with Crippen LogP contribution in [0.25, 0.3) is 11.1 Å². The number of hydroxylamine groups is 2. The van der Waals surface area contributed by atoms with E-state index in [1.54, 1.807) is 71.9 Å². The largest absolute Gasteiger partial charge is 0.494 e. The summed E-state index contributed by atoms with van der Waals surface area (Å²) in [6.45, 7) is 0.961. The number of carbonyl (C=O) groups excluding carboxylic acids is 4. The third-order valence-corrected chi connectivity index (χ3v) is 8.03. The van der Waals surface area contributed by atoms with E-state index in [4.69, 9.17) is 19.9 Å². The van der Waals surface area contributed by atoms with E-state index in [0.717, 1.165) is 47.9 Å². The highest BCUT2D eigenvalue weighted by atomic mass is 16.5. The van der Waals surface area contributed by atoms with E-state index < -0.39 is 11.8 Å². The van der Waals surface area contributed by atoms with Crippen LogP contribution in [0.5, 0.6) is 11.5 Å². The number of hydrazone groups is 2. The van der Waals surface area contributed by atoms with Gasteiger partial charge < -0.3 is 9.47 Å². The minimum Gasteiger partial charge on any atom is -0.494 e. The summed E-state index contributed by atoms with van der Waals surface area (Å²) in [4.78, 5) is 47.0. The quantitative estimate of drug-likeness (QED) is 0.0268. The molecule has 282 valence electrons. The fraction of sp³-hybridized carbons (Fsp3) is 0.250. The Morgan fingerprint density at radius 3 is 1.22 bits per heavy atom. The van der Waals surface area contributed by atoms with Crippen molar-refractivity contribution < 1.29 is 39.1 Å². The molecule has 0 aliphatic rings. The van der Waals surface area contributed by atoms with Crippen LogP contribution in [0.3, 0.4) is 0 Å². The average Bonchev–Trinajstić information content (AvgIpc) is 3.21. The molecule has 0 aliphatic heterocycles. The number of nitrogens with zero attached hydrogens (tertiary/aromatic N) is 2. The Balaban J connectivity index is 1.14. The van der Waals surface area contributed by atoms with Gasteiger partial charge in [-0.15, -0.1) is 0 Å². The Kier molecular flexibility index (Phi) is 16.9. The van der Waals surface area contributed by atoms with Crippen molar-refractivity contribution in [1.82, 2.24) is 21.8 Å². The van der Waals surface area contributed by atoms with Crippen molar-refractivity contribution in [1.29, 1.82) is 0 Å². The number of unbranched alkanes of at least 4 members (excludes halogenated alkanes) is 4. The van der Waals surface area contributed by atoms with E-state index in [1.807, 2.05) is 48.5 Å². The molecule has 6 N–H and O–H groups in total. The standard InChI is InChI=1S/C40H44N6O8/c47-37(45-51)7-3-1-5-25-53-35-21-17-33(18-22-35)39(49)43-41-27-29-9-13-31(14-10-29)32-15-11-30(12-16-32)28-42-44-40(50)34-19-23-36(24-20-34)54-26-6-2-4-8-38(48)46-52/h9-24,27-28,51-52H,1-8,25-26H2,(H,43,49)(H,44,50)(H,45,47)(H,46,48)/b41-27+,42-28+. The lowest BCUT2D eigenvalue weighted by molar-refractivity contribution is -0.130. The molecule has 0 heterocycles. The van der Waals surface area contributed by atoms with Gasteiger partial charge in [-0.05, 0) is 109 Å². The van der Waals surface area contributed by atoms with E-state index in [1.165, 1.54) is 0 Å². The third-order valence-electron chi connectivity index (χ3n) is 8.03. The molecule has 0 unspecified atom stereocenters. The molecule has 4 amide bonds. The second-order valence-corrected chi connectivity index (χ2v) is 12.1. The number of hydrogen-bond donors (Lipinski definition) is 6. The van der Waals surface area contributed by atoms with Crippen LogP contribution in [-0.4, -0.2) is 59.7 Å². The van der Waals surface area contributed by atoms with E-state index in [0.29, 0.717) is 48.7 Å². The lowest BCUT2D eigenvalue weighted by Gasteiger charge is -2.07. The van der Waals surface area contributed by atoms with Gasteiger partial charge in [0.15, 0.2) is 0 Å². The summed E-state index contributed by atoms with van der Waals surface area (Å²) in [5.41, 5.74) is 12.8. The van der Waals surface area contributed by atoms with E-state index in [9.17, 15) is 19.2 Å². The van der Waals surface area contributed by atoms with Gasteiger partial charge in [0, 0.05) is 24.0 Å². The smallest absolute Gasteiger partial charge is 0.271 e. The van der Waals surface area contributed by atoms with Crippen LogP contribution in [0.15, 0.2) is 107 Å². The molecule has 0 aromatic heterocycles. The first kappa shape index (κ1) is 40.4. The molecule has 14 heteroatoms. The van der Waals surface area contributed by atoms with Crippen molar-refractivity contribution >= 4 is 36.1 Å². The van der Waals surface area contributed by atoms with Crippen LogP contribution in [0.1, 0.15) is 83.2 Å². The van der Waals surface area contributed by atoms with Crippen LogP contribution < -0.4 is 31.3 Å². The van der Waals surface area contributed by atoms with E-state index in [2.05, 4.69) is 21.1 Å². The second kappa shape index (κ2) is 22.5. The molecule has 0 saturated carbocycles. The number of ether oxygens (including phenoxy) is 2. The number of amides is 4. The molecule has 0 bridgehead atoms. The Morgan fingerprint density at radius 1 is 0.500 bits per heavy atom. The van der Waals surface area contributed by atoms with Crippen LogP contribution in [0.4, 0.5) is 0 Å². The van der Waals surface area contributed by atoms with Gasteiger partial charge in [-0.2, -0.15) is 10.2 Å². The molecule has 14 nitrogen and oxygen atoms in total. The van der Waals surface area contributed by atoms with Gasteiger partial charge in [0.1, 0.15) is 11.5 Å². The zero-order valence-corrected chi connectivity index (χ0v) is 29.7. The predicted octanol–water partition coefficient (Wildman–Crippen LogP) is 5.77. The summed E-state index contributed by atoms with van der Waals surface area (Å²) >= 11 is 0. The molecular formula is C40H44N6O8. The third kappa shape index (κ3) is 14.3. The van der Waals surface area contributed by atoms with Crippen LogP contribution >= 0.6 is 0 Å². The zero-order valence-electron chi connectivity index (χ0n) is 29.7. The molecule has 0 saturated heterocycles. The van der Waals surface area contributed by atoms with Crippen molar-refractivity contribution in [3.8, 4) is 22.6 Å². The van der Waals surface area contributed by atoms with Crippen LogP contribution in [0, 0.1) is 0 Å². The molecular weight excluding hydrogens is 692 g/mol. The maximum atomic E-state index is 12.5. The van der Waals surface area contributed by atoms with Gasteiger partial charge in [0.2, 0.25) is 11.8 Å². The Labute approximate surface area is 313 Å². The number of benzene rings is 4. The molecule has 54 heavy (non-hydrogen) atoms. The van der Waals surface area contributed by atoms with Gasteiger partial charge in [-0.1, -0.05) is 48.5 Å². The molecule has 0 atom stereocenters. The summed E-state index contributed by atoms with van der Waals surface area (Å²) in [6, 6.07) is 28.9. The normalized spacial score (nSPS) is 10.9. The van der Waals surface area contributed by atoms with Crippen LogP contribution in [-0.2, 0) is 9.59 Å². The number of carbonyl (C=O) groups is 4. The highest BCUT2D eigenvalue weighted by Crippen LogP contribution is 2.20. The SMILES string of the molecule is O=C(CCCCCOc1ccc(C(=O)N/N=C/c2ccc(-c3ccc(/C=N/NC(=O)c4ccc(OCCCCCC(=O)NO)cc4)cc3)cc2)cc1)NO. The summed E-state index contributed by atoms with van der Waals surface area (Å²) in [5.74, 6) is -0.233. The maximum absolute atomic E-state index is 12.5. The predicted molar refractivity (Wildman–Crippen MR) is 203 cm³/mol. The highest BCUT2D eigenvalue weighted by Gasteiger charge is 2.07. The van der Waals surface area contributed by atoms with Crippen molar-refractivity contribution in [2.75, 3.05) is 13.2 Å².